The van der Waals surface area contributed by atoms with E-state index in [-0.39, 0.29) is 0 Å². The third-order valence-electron chi connectivity index (χ3n) is 3.03. The van der Waals surface area contributed by atoms with Gasteiger partial charge in [-0.15, -0.1) is 0 Å². The largest absolute Gasteiger partial charge is 0.389 e. The number of nitrogens with zero attached hydrogens (tertiary/aromatic N) is 2. The number of aromatic nitrogens is 1. The standard InChI is InChI=1S/C12H18N2O2/c1-9(15)10-3-5-13-11(7-10)14-6-4-12(2,16)8-14/h3,5,7,9,15-16H,4,6,8H2,1-2H3/t9-,12?/m0/s1. The molecule has 0 amide bonds. The molecule has 2 N–H and O–H groups in total. The van der Waals surface area contributed by atoms with Crippen molar-refractivity contribution in [2.45, 2.75) is 32.0 Å². The van der Waals surface area contributed by atoms with Gasteiger partial charge in [0.25, 0.3) is 0 Å². The molecule has 0 aliphatic carbocycles. The minimum atomic E-state index is -0.623. The van der Waals surface area contributed by atoms with Gasteiger partial charge >= 0.3 is 0 Å². The van der Waals surface area contributed by atoms with Crippen molar-refractivity contribution >= 4 is 5.82 Å². The average Bonchev–Trinajstić information content (AvgIpc) is 2.59. The minimum absolute atomic E-state index is 0.482. The lowest BCUT2D eigenvalue weighted by Gasteiger charge is -2.20. The van der Waals surface area contributed by atoms with E-state index < -0.39 is 11.7 Å². The molecular weight excluding hydrogens is 204 g/mol. The van der Waals surface area contributed by atoms with Crippen LogP contribution in [0.4, 0.5) is 5.82 Å². The molecule has 1 unspecified atom stereocenters. The minimum Gasteiger partial charge on any atom is -0.389 e. The fraction of sp³-hybridized carbons (Fsp3) is 0.583. The zero-order chi connectivity index (χ0) is 11.8. The summed E-state index contributed by atoms with van der Waals surface area (Å²) in [5.74, 6) is 0.830. The highest BCUT2D eigenvalue weighted by atomic mass is 16.3. The summed E-state index contributed by atoms with van der Waals surface area (Å²) in [7, 11) is 0. The molecule has 0 saturated carbocycles. The van der Waals surface area contributed by atoms with Crippen molar-refractivity contribution < 1.29 is 10.2 Å². The van der Waals surface area contributed by atoms with Crippen molar-refractivity contribution in [3.63, 3.8) is 0 Å². The van der Waals surface area contributed by atoms with Crippen LogP contribution < -0.4 is 4.90 Å². The first-order chi connectivity index (χ1) is 7.48. The third kappa shape index (κ3) is 2.33. The lowest BCUT2D eigenvalue weighted by atomic mass is 10.1. The second kappa shape index (κ2) is 4.03. The van der Waals surface area contributed by atoms with Crippen molar-refractivity contribution in [2.75, 3.05) is 18.0 Å². The van der Waals surface area contributed by atoms with Gasteiger partial charge in [0, 0.05) is 19.3 Å². The Balaban J connectivity index is 2.19. The highest BCUT2D eigenvalue weighted by Crippen LogP contribution is 2.26. The number of hydrogen-bond donors (Lipinski definition) is 2. The molecular formula is C12H18N2O2. The number of pyridine rings is 1. The Morgan fingerprint density at radius 1 is 1.56 bits per heavy atom. The normalized spacial score (nSPS) is 27.1. The quantitative estimate of drug-likeness (QED) is 0.786. The molecule has 0 aromatic carbocycles. The second-order valence-electron chi connectivity index (χ2n) is 4.79. The van der Waals surface area contributed by atoms with Gasteiger partial charge in [0.2, 0.25) is 0 Å². The summed E-state index contributed by atoms with van der Waals surface area (Å²) < 4.78 is 0. The van der Waals surface area contributed by atoms with Gasteiger partial charge in [0.1, 0.15) is 5.82 Å². The van der Waals surface area contributed by atoms with E-state index in [0.717, 1.165) is 24.3 Å². The van der Waals surface area contributed by atoms with E-state index in [2.05, 4.69) is 4.98 Å². The van der Waals surface area contributed by atoms with Gasteiger partial charge < -0.3 is 15.1 Å². The monoisotopic (exact) mass is 222 g/mol. The number of aliphatic hydroxyl groups is 2. The molecule has 1 aliphatic rings. The highest BCUT2D eigenvalue weighted by molar-refractivity contribution is 5.43. The van der Waals surface area contributed by atoms with Crippen LogP contribution in [0.3, 0.4) is 0 Å². The van der Waals surface area contributed by atoms with Gasteiger partial charge in [0.05, 0.1) is 11.7 Å². The van der Waals surface area contributed by atoms with Crippen LogP contribution in [0.1, 0.15) is 31.9 Å². The molecule has 1 aliphatic heterocycles. The SMILES string of the molecule is C[C@H](O)c1ccnc(N2CCC(C)(O)C2)c1. The van der Waals surface area contributed by atoms with E-state index >= 15 is 0 Å². The van der Waals surface area contributed by atoms with E-state index in [1.807, 2.05) is 24.0 Å². The molecule has 88 valence electrons. The molecule has 2 heterocycles. The lowest BCUT2D eigenvalue weighted by Crippen LogP contribution is -2.30. The van der Waals surface area contributed by atoms with Gasteiger partial charge in [-0.25, -0.2) is 4.98 Å². The van der Waals surface area contributed by atoms with Crippen LogP contribution in [0.2, 0.25) is 0 Å². The predicted molar refractivity (Wildman–Crippen MR) is 62.3 cm³/mol. The maximum absolute atomic E-state index is 9.89. The van der Waals surface area contributed by atoms with E-state index in [4.69, 9.17) is 0 Å². The summed E-state index contributed by atoms with van der Waals surface area (Å²) in [4.78, 5) is 6.32. The Morgan fingerprint density at radius 3 is 2.88 bits per heavy atom. The highest BCUT2D eigenvalue weighted by Gasteiger charge is 2.31. The van der Waals surface area contributed by atoms with Crippen molar-refractivity contribution in [3.8, 4) is 0 Å². The summed E-state index contributed by atoms with van der Waals surface area (Å²) >= 11 is 0. The number of rotatable bonds is 2. The van der Waals surface area contributed by atoms with Crippen LogP contribution in [0.25, 0.3) is 0 Å². The topological polar surface area (TPSA) is 56.6 Å². The van der Waals surface area contributed by atoms with Crippen LogP contribution in [0.5, 0.6) is 0 Å². The van der Waals surface area contributed by atoms with E-state index in [9.17, 15) is 10.2 Å². The second-order valence-corrected chi connectivity index (χ2v) is 4.79. The predicted octanol–water partition coefficient (Wildman–Crippen LogP) is 1.10. The van der Waals surface area contributed by atoms with Crippen molar-refractivity contribution in [1.29, 1.82) is 0 Å². The molecule has 16 heavy (non-hydrogen) atoms. The first kappa shape index (κ1) is 11.4. The van der Waals surface area contributed by atoms with Gasteiger partial charge in [-0.3, -0.25) is 0 Å². The van der Waals surface area contributed by atoms with E-state index in [1.54, 1.807) is 13.1 Å². The van der Waals surface area contributed by atoms with E-state index in [0.29, 0.717) is 6.54 Å². The van der Waals surface area contributed by atoms with Gasteiger partial charge in [0.15, 0.2) is 0 Å². The summed E-state index contributed by atoms with van der Waals surface area (Å²) in [6.07, 6.45) is 1.97. The molecule has 1 aromatic rings. The first-order valence-electron chi connectivity index (χ1n) is 5.59. The zero-order valence-corrected chi connectivity index (χ0v) is 9.72. The Kier molecular flexibility index (Phi) is 2.86. The molecule has 4 nitrogen and oxygen atoms in total. The van der Waals surface area contributed by atoms with Crippen molar-refractivity contribution in [1.82, 2.24) is 4.98 Å². The van der Waals surface area contributed by atoms with Crippen molar-refractivity contribution in [2.24, 2.45) is 0 Å². The fourth-order valence-corrected chi connectivity index (χ4v) is 2.01. The molecule has 1 fully saturated rings. The molecule has 1 aromatic heterocycles. The molecule has 2 rings (SSSR count). The number of anilines is 1. The first-order valence-corrected chi connectivity index (χ1v) is 5.59. The molecule has 1 saturated heterocycles. The fourth-order valence-electron chi connectivity index (χ4n) is 2.01. The zero-order valence-electron chi connectivity index (χ0n) is 9.72. The van der Waals surface area contributed by atoms with Crippen LogP contribution in [0, 0.1) is 0 Å². The molecule has 4 heteroatoms. The van der Waals surface area contributed by atoms with E-state index in [1.165, 1.54) is 0 Å². The summed E-state index contributed by atoms with van der Waals surface area (Å²) in [6, 6.07) is 3.69. The average molecular weight is 222 g/mol. The maximum atomic E-state index is 9.89. The Hall–Kier alpha value is -1.13. The van der Waals surface area contributed by atoms with Crippen molar-refractivity contribution in [3.05, 3.63) is 23.9 Å². The summed E-state index contributed by atoms with van der Waals surface area (Å²) in [5.41, 5.74) is 0.235. The molecule has 0 bridgehead atoms. The van der Waals surface area contributed by atoms with Crippen LogP contribution in [-0.2, 0) is 0 Å². The van der Waals surface area contributed by atoms with Gasteiger partial charge in [-0.1, -0.05) is 0 Å². The summed E-state index contributed by atoms with van der Waals surface area (Å²) in [5, 5.41) is 19.4. The molecule has 2 atom stereocenters. The number of aliphatic hydroxyl groups excluding tert-OH is 1. The van der Waals surface area contributed by atoms with Crippen LogP contribution >= 0.6 is 0 Å². The maximum Gasteiger partial charge on any atom is 0.128 e. The Bertz CT molecular complexity index is 377. The number of β-amino-alcohol motifs (C(OH)–C–C–N with tert-alkyl or cyclic N) is 1. The van der Waals surface area contributed by atoms with Gasteiger partial charge in [-0.2, -0.15) is 0 Å². The molecule has 0 radical (unpaired) electrons. The lowest BCUT2D eigenvalue weighted by molar-refractivity contribution is 0.0839. The van der Waals surface area contributed by atoms with Crippen LogP contribution in [0.15, 0.2) is 18.3 Å². The Labute approximate surface area is 95.5 Å². The number of hydrogen-bond acceptors (Lipinski definition) is 4. The molecule has 0 spiro atoms. The third-order valence-corrected chi connectivity index (χ3v) is 3.03. The van der Waals surface area contributed by atoms with Crippen LogP contribution in [-0.4, -0.2) is 33.9 Å². The Morgan fingerprint density at radius 2 is 2.31 bits per heavy atom. The smallest absolute Gasteiger partial charge is 0.128 e. The summed E-state index contributed by atoms with van der Waals surface area (Å²) in [6.45, 7) is 4.98. The van der Waals surface area contributed by atoms with Gasteiger partial charge in [-0.05, 0) is 38.0 Å².